The fourth-order valence-corrected chi connectivity index (χ4v) is 1.79. The summed E-state index contributed by atoms with van der Waals surface area (Å²) in [7, 11) is 0. The fraction of sp³-hybridized carbons (Fsp3) is 0.222. The third-order valence-electron chi connectivity index (χ3n) is 2.66. The largest absolute Gasteiger partial charge is 0.368 e. The maximum absolute atomic E-state index is 5.88. The number of benzene rings is 2. The van der Waals surface area contributed by atoms with Gasteiger partial charge in [-0.1, -0.05) is 64.1 Å². The highest BCUT2D eigenvalue weighted by Gasteiger charge is 2.08. The van der Waals surface area contributed by atoms with Crippen molar-refractivity contribution < 1.29 is 0 Å². The molecular weight excluding hydrogens is 286 g/mol. The first kappa shape index (κ1) is 18.2. The molecule has 122 valence electrons. The number of nitrogens with zero attached hydrogens (tertiary/aromatic N) is 3. The summed E-state index contributed by atoms with van der Waals surface area (Å²) >= 11 is 0. The molecule has 3 N–H and O–H groups in total. The average molecular weight is 311 g/mol. The van der Waals surface area contributed by atoms with Crippen molar-refractivity contribution in [2.75, 3.05) is 11.1 Å². The van der Waals surface area contributed by atoms with E-state index in [1.54, 1.807) is 4.68 Å². The molecule has 0 amide bonds. The zero-order valence-corrected chi connectivity index (χ0v) is 14.2. The van der Waals surface area contributed by atoms with Crippen molar-refractivity contribution >= 4 is 17.6 Å². The summed E-state index contributed by atoms with van der Waals surface area (Å²) in [5.41, 5.74) is 7.68. The fourth-order valence-electron chi connectivity index (χ4n) is 1.79. The Morgan fingerprint density at radius 3 is 1.91 bits per heavy atom. The van der Waals surface area contributed by atoms with Crippen molar-refractivity contribution in [1.29, 1.82) is 0 Å². The normalized spacial score (nSPS) is 9.04. The van der Waals surface area contributed by atoms with Gasteiger partial charge in [0.15, 0.2) is 0 Å². The number of hydrogen-bond donors (Lipinski definition) is 2. The summed E-state index contributed by atoms with van der Waals surface area (Å²) in [6.45, 7) is 8.00. The van der Waals surface area contributed by atoms with Crippen LogP contribution in [0, 0.1) is 0 Å². The molecule has 0 atom stereocenters. The Morgan fingerprint density at radius 1 is 0.826 bits per heavy atom. The van der Waals surface area contributed by atoms with Crippen LogP contribution in [-0.2, 0) is 0 Å². The highest BCUT2D eigenvalue weighted by molar-refractivity contribution is 5.54. The van der Waals surface area contributed by atoms with Crippen LogP contribution in [0.25, 0.3) is 5.69 Å². The minimum absolute atomic E-state index is 0.352. The molecule has 2 aromatic carbocycles. The van der Waals surface area contributed by atoms with E-state index in [9.17, 15) is 0 Å². The predicted molar refractivity (Wildman–Crippen MR) is 98.2 cm³/mol. The Bertz CT molecular complexity index is 662. The van der Waals surface area contributed by atoms with Gasteiger partial charge >= 0.3 is 0 Å². The lowest BCUT2D eigenvalue weighted by Crippen LogP contribution is -2.01. The first-order valence-corrected chi connectivity index (χ1v) is 7.93. The van der Waals surface area contributed by atoms with Gasteiger partial charge in [-0.25, -0.2) is 0 Å². The second kappa shape index (κ2) is 10.00. The Hall–Kier alpha value is -2.82. The Morgan fingerprint density at radius 2 is 1.35 bits per heavy atom. The van der Waals surface area contributed by atoms with E-state index in [2.05, 4.69) is 15.4 Å². The first-order chi connectivity index (χ1) is 11.3. The van der Waals surface area contributed by atoms with Gasteiger partial charge < -0.3 is 11.1 Å². The van der Waals surface area contributed by atoms with E-state index < -0.39 is 0 Å². The molecule has 0 aliphatic rings. The summed E-state index contributed by atoms with van der Waals surface area (Å²) in [6, 6.07) is 19.4. The number of nitrogens with two attached hydrogens (primary N) is 1. The highest BCUT2D eigenvalue weighted by Crippen LogP contribution is 2.16. The van der Waals surface area contributed by atoms with E-state index in [0.29, 0.717) is 11.9 Å². The Balaban J connectivity index is 0.000000615. The molecule has 0 radical (unpaired) electrons. The second-order valence-corrected chi connectivity index (χ2v) is 4.03. The molecule has 0 aliphatic heterocycles. The van der Waals surface area contributed by atoms with E-state index >= 15 is 0 Å². The first-order valence-electron chi connectivity index (χ1n) is 7.93. The van der Waals surface area contributed by atoms with Gasteiger partial charge in [-0.2, -0.15) is 9.67 Å². The molecule has 0 bridgehead atoms. The smallest absolute Gasteiger partial charge is 0.248 e. The maximum Gasteiger partial charge on any atom is 0.248 e. The number of hydrogen-bond acceptors (Lipinski definition) is 4. The van der Waals surface area contributed by atoms with Crippen LogP contribution in [-0.4, -0.2) is 14.8 Å². The molecule has 0 spiro atoms. The van der Waals surface area contributed by atoms with Crippen molar-refractivity contribution in [1.82, 2.24) is 14.8 Å². The van der Waals surface area contributed by atoms with Crippen LogP contribution < -0.4 is 11.1 Å². The van der Waals surface area contributed by atoms with Crippen molar-refractivity contribution in [2.24, 2.45) is 0 Å². The quantitative estimate of drug-likeness (QED) is 0.739. The molecule has 5 heteroatoms. The van der Waals surface area contributed by atoms with Crippen molar-refractivity contribution in [3.8, 4) is 5.69 Å². The third-order valence-corrected chi connectivity index (χ3v) is 2.66. The van der Waals surface area contributed by atoms with Gasteiger partial charge in [0.1, 0.15) is 0 Å². The molecule has 0 aliphatic carbocycles. The third kappa shape index (κ3) is 5.14. The lowest BCUT2D eigenvalue weighted by atomic mass is 10.3. The van der Waals surface area contributed by atoms with Gasteiger partial charge in [0.05, 0.1) is 5.69 Å². The van der Waals surface area contributed by atoms with Crippen LogP contribution in [0.3, 0.4) is 0 Å². The van der Waals surface area contributed by atoms with E-state index in [-0.39, 0.29) is 0 Å². The molecule has 0 saturated heterocycles. The molecule has 0 unspecified atom stereocenters. The minimum atomic E-state index is 0.352. The van der Waals surface area contributed by atoms with Crippen LogP contribution in [0.5, 0.6) is 0 Å². The van der Waals surface area contributed by atoms with Crippen molar-refractivity contribution in [3.05, 3.63) is 60.7 Å². The molecule has 0 fully saturated rings. The lowest BCUT2D eigenvalue weighted by molar-refractivity contribution is 0.894. The Labute approximate surface area is 138 Å². The molecule has 1 aromatic heterocycles. The van der Waals surface area contributed by atoms with Crippen LogP contribution in [0.2, 0.25) is 0 Å². The molecule has 0 saturated carbocycles. The Kier molecular flexibility index (Phi) is 7.92. The van der Waals surface area contributed by atoms with Crippen LogP contribution in [0.15, 0.2) is 60.7 Å². The lowest BCUT2D eigenvalue weighted by Gasteiger charge is -2.01. The summed E-state index contributed by atoms with van der Waals surface area (Å²) in [6.07, 6.45) is 0. The van der Waals surface area contributed by atoms with E-state index in [1.807, 2.05) is 88.4 Å². The van der Waals surface area contributed by atoms with Gasteiger partial charge in [-0.3, -0.25) is 0 Å². The van der Waals surface area contributed by atoms with Gasteiger partial charge in [0, 0.05) is 5.69 Å². The standard InChI is InChI=1S/C14H13N5.2C2H6/c15-13-17-14(16-11-7-3-1-4-8-11)18-19(13)12-9-5-2-6-10-12;2*1-2/h1-10H,(H3,15,16,17,18);2*1-2H3. The van der Waals surface area contributed by atoms with Crippen LogP contribution in [0.1, 0.15) is 27.7 Å². The summed E-state index contributed by atoms with van der Waals surface area (Å²) < 4.78 is 1.60. The van der Waals surface area contributed by atoms with E-state index in [0.717, 1.165) is 11.4 Å². The van der Waals surface area contributed by atoms with Gasteiger partial charge in [0.25, 0.3) is 0 Å². The predicted octanol–water partition coefficient (Wildman–Crippen LogP) is 4.65. The van der Waals surface area contributed by atoms with Crippen molar-refractivity contribution in [3.63, 3.8) is 0 Å². The number of para-hydroxylation sites is 2. The molecule has 3 aromatic rings. The molecule has 23 heavy (non-hydrogen) atoms. The molecule has 5 nitrogen and oxygen atoms in total. The maximum atomic E-state index is 5.88. The number of nitrogen functional groups attached to an aromatic ring is 1. The van der Waals surface area contributed by atoms with Crippen molar-refractivity contribution in [2.45, 2.75) is 27.7 Å². The monoisotopic (exact) mass is 311 g/mol. The number of nitrogens with one attached hydrogen (secondary N) is 1. The van der Waals surface area contributed by atoms with Gasteiger partial charge in [-0.15, -0.1) is 5.10 Å². The second-order valence-electron chi connectivity index (χ2n) is 4.03. The zero-order valence-electron chi connectivity index (χ0n) is 14.2. The topological polar surface area (TPSA) is 68.8 Å². The highest BCUT2D eigenvalue weighted by atomic mass is 15.4. The average Bonchev–Trinajstić information content (AvgIpc) is 3.00. The molecular formula is C18H25N5. The number of anilines is 3. The van der Waals surface area contributed by atoms with Gasteiger partial charge in [0.2, 0.25) is 11.9 Å². The molecule has 3 rings (SSSR count). The SMILES string of the molecule is CC.CC.Nc1nc(Nc2ccccc2)nn1-c1ccccc1. The van der Waals surface area contributed by atoms with E-state index in [1.165, 1.54) is 0 Å². The number of rotatable bonds is 3. The number of aromatic nitrogens is 3. The summed E-state index contributed by atoms with van der Waals surface area (Å²) in [5, 5.41) is 7.46. The molecule has 1 heterocycles. The summed E-state index contributed by atoms with van der Waals surface area (Å²) in [5.74, 6) is 0.831. The van der Waals surface area contributed by atoms with E-state index in [4.69, 9.17) is 5.73 Å². The van der Waals surface area contributed by atoms with Crippen LogP contribution >= 0.6 is 0 Å². The van der Waals surface area contributed by atoms with Gasteiger partial charge in [-0.05, 0) is 24.3 Å². The zero-order chi connectivity index (χ0) is 17.1. The minimum Gasteiger partial charge on any atom is -0.368 e. The summed E-state index contributed by atoms with van der Waals surface area (Å²) in [4.78, 5) is 4.20. The van der Waals surface area contributed by atoms with Crippen LogP contribution in [0.4, 0.5) is 17.6 Å².